The number of nitrogens with zero attached hydrogens (tertiary/aromatic N) is 1. The Bertz CT molecular complexity index is 552. The molecule has 0 aromatic heterocycles. The fourth-order valence-corrected chi connectivity index (χ4v) is 3.94. The Labute approximate surface area is 130 Å². The Hall–Kier alpha value is -1.39. The smallest absolute Gasteiger partial charge is 0.379 e. The molecular weight excluding hydrogens is 305 g/mol. The lowest BCUT2D eigenvalue weighted by atomic mass is 9.89. The molecule has 2 rings (SSSR count). The molecule has 0 bridgehead atoms. The van der Waals surface area contributed by atoms with E-state index in [0.29, 0.717) is 11.7 Å². The summed E-state index contributed by atoms with van der Waals surface area (Å²) in [5.41, 5.74) is -0.0270. The molecule has 1 aromatic rings. The topological polar surface area (TPSA) is 78.7 Å². The maximum absolute atomic E-state index is 12.7. The van der Waals surface area contributed by atoms with Crippen LogP contribution in [0, 0.1) is 16.0 Å². The molecule has 1 saturated carbocycles. The quantitative estimate of drug-likeness (QED) is 0.427. The van der Waals surface area contributed by atoms with Crippen molar-refractivity contribution in [2.24, 2.45) is 5.92 Å². The van der Waals surface area contributed by atoms with E-state index in [9.17, 15) is 14.7 Å². The van der Waals surface area contributed by atoms with Crippen LogP contribution in [-0.4, -0.2) is 17.2 Å². The largest absolute Gasteiger partial charge is 0.424 e. The summed E-state index contributed by atoms with van der Waals surface area (Å²) >= 11 is 0. The van der Waals surface area contributed by atoms with Crippen molar-refractivity contribution in [1.29, 1.82) is 0 Å². The van der Waals surface area contributed by atoms with Gasteiger partial charge in [-0.25, -0.2) is 4.57 Å². The molecule has 0 N–H and O–H groups in total. The fourth-order valence-electron chi connectivity index (χ4n) is 2.51. The van der Waals surface area contributed by atoms with Crippen molar-refractivity contribution in [3.05, 3.63) is 34.4 Å². The second-order valence-corrected chi connectivity index (χ2v) is 8.00. The lowest BCUT2D eigenvalue weighted by Gasteiger charge is -2.29. The molecule has 0 heterocycles. The molecule has 1 atom stereocenters. The van der Waals surface area contributed by atoms with Gasteiger partial charge < -0.3 is 4.52 Å². The molecule has 1 aromatic carbocycles. The van der Waals surface area contributed by atoms with Crippen LogP contribution in [0.15, 0.2) is 24.3 Å². The van der Waals surface area contributed by atoms with E-state index >= 15 is 0 Å². The molecule has 0 spiro atoms. The van der Waals surface area contributed by atoms with Crippen LogP contribution >= 0.6 is 7.60 Å². The Balaban J connectivity index is 2.00. The Kier molecular flexibility index (Phi) is 5.59. The van der Waals surface area contributed by atoms with Gasteiger partial charge in [-0.1, -0.05) is 13.8 Å². The van der Waals surface area contributed by atoms with Crippen LogP contribution in [-0.2, 0) is 9.09 Å². The monoisotopic (exact) mass is 327 g/mol. The molecular formula is C15H22NO5P. The van der Waals surface area contributed by atoms with Gasteiger partial charge in [0, 0.05) is 12.1 Å². The third-order valence-corrected chi connectivity index (χ3v) is 5.83. The van der Waals surface area contributed by atoms with Gasteiger partial charge in [-0.2, -0.15) is 0 Å². The number of non-ortho nitro benzene ring substituents is 1. The lowest BCUT2D eigenvalue weighted by molar-refractivity contribution is -0.384. The van der Waals surface area contributed by atoms with Crippen LogP contribution in [0.1, 0.15) is 39.5 Å². The van der Waals surface area contributed by atoms with E-state index in [2.05, 4.69) is 6.92 Å². The zero-order valence-electron chi connectivity index (χ0n) is 12.9. The van der Waals surface area contributed by atoms with Crippen molar-refractivity contribution in [3.63, 3.8) is 0 Å². The summed E-state index contributed by atoms with van der Waals surface area (Å²) in [7, 11) is -3.22. The van der Waals surface area contributed by atoms with Crippen LogP contribution in [0.4, 0.5) is 5.69 Å². The first-order valence-electron chi connectivity index (χ1n) is 7.63. The van der Waals surface area contributed by atoms with Crippen molar-refractivity contribution in [1.82, 2.24) is 0 Å². The Morgan fingerprint density at radius 3 is 2.32 bits per heavy atom. The minimum Gasteiger partial charge on any atom is -0.424 e. The van der Waals surface area contributed by atoms with Crippen LogP contribution in [0.25, 0.3) is 0 Å². The lowest BCUT2D eigenvalue weighted by Crippen LogP contribution is -2.20. The number of rotatable bonds is 6. The van der Waals surface area contributed by atoms with Crippen molar-refractivity contribution < 1.29 is 18.5 Å². The van der Waals surface area contributed by atoms with Crippen LogP contribution < -0.4 is 4.52 Å². The number of nitro groups is 1. The summed E-state index contributed by atoms with van der Waals surface area (Å²) in [6.07, 6.45) is 4.19. The van der Waals surface area contributed by atoms with E-state index in [1.165, 1.54) is 24.3 Å². The van der Waals surface area contributed by atoms with E-state index in [-0.39, 0.29) is 18.0 Å². The van der Waals surface area contributed by atoms with E-state index in [4.69, 9.17) is 9.05 Å². The molecule has 22 heavy (non-hydrogen) atoms. The third-order valence-electron chi connectivity index (χ3n) is 3.95. The molecule has 0 saturated heterocycles. The summed E-state index contributed by atoms with van der Waals surface area (Å²) in [6.45, 7) is 3.97. The van der Waals surface area contributed by atoms with E-state index in [1.54, 1.807) is 6.92 Å². The van der Waals surface area contributed by atoms with Gasteiger partial charge in [-0.05, 0) is 43.7 Å². The zero-order valence-corrected chi connectivity index (χ0v) is 13.8. The SMILES string of the molecule is CCP(=O)(Oc1ccc([N+](=O)[O-])cc1)OC1CCC(C)CC1. The number of benzene rings is 1. The number of hydrogen-bond donors (Lipinski definition) is 0. The normalized spacial score (nSPS) is 24.5. The third kappa shape index (κ3) is 4.55. The van der Waals surface area contributed by atoms with Gasteiger partial charge in [0.15, 0.2) is 0 Å². The van der Waals surface area contributed by atoms with Gasteiger partial charge in [0.25, 0.3) is 5.69 Å². The van der Waals surface area contributed by atoms with E-state index in [0.717, 1.165) is 25.7 Å². The second-order valence-electron chi connectivity index (χ2n) is 5.76. The van der Waals surface area contributed by atoms with Gasteiger partial charge in [0.2, 0.25) is 0 Å². The Morgan fingerprint density at radius 2 is 1.82 bits per heavy atom. The molecule has 1 aliphatic carbocycles. The van der Waals surface area contributed by atoms with E-state index < -0.39 is 12.5 Å². The number of hydrogen-bond acceptors (Lipinski definition) is 5. The summed E-state index contributed by atoms with van der Waals surface area (Å²) < 4.78 is 24.0. The molecule has 6 nitrogen and oxygen atoms in total. The molecule has 1 aliphatic rings. The van der Waals surface area contributed by atoms with Crippen molar-refractivity contribution in [2.45, 2.75) is 45.6 Å². The zero-order chi connectivity index (χ0) is 16.2. The predicted molar refractivity (Wildman–Crippen MR) is 84.4 cm³/mol. The first-order valence-corrected chi connectivity index (χ1v) is 9.36. The average molecular weight is 327 g/mol. The summed E-state index contributed by atoms with van der Waals surface area (Å²) in [5.74, 6) is 1.02. The van der Waals surface area contributed by atoms with E-state index in [1.807, 2.05) is 0 Å². The highest BCUT2D eigenvalue weighted by Crippen LogP contribution is 2.50. The summed E-state index contributed by atoms with van der Waals surface area (Å²) in [6, 6.07) is 5.56. The Morgan fingerprint density at radius 1 is 1.23 bits per heavy atom. The minimum atomic E-state index is -3.22. The van der Waals surface area contributed by atoms with Crippen LogP contribution in [0.2, 0.25) is 0 Å². The molecule has 7 heteroatoms. The van der Waals surface area contributed by atoms with Gasteiger partial charge in [0.1, 0.15) is 5.75 Å². The van der Waals surface area contributed by atoms with Gasteiger partial charge in [-0.15, -0.1) is 0 Å². The minimum absolute atomic E-state index is 0.0270. The molecule has 0 amide bonds. The molecule has 0 radical (unpaired) electrons. The first-order chi connectivity index (χ1) is 10.4. The summed E-state index contributed by atoms with van der Waals surface area (Å²) in [4.78, 5) is 10.1. The van der Waals surface area contributed by atoms with Crippen LogP contribution in [0.3, 0.4) is 0 Å². The number of nitro benzene ring substituents is 1. The van der Waals surface area contributed by atoms with Crippen molar-refractivity contribution >= 4 is 13.3 Å². The maximum atomic E-state index is 12.7. The molecule has 122 valence electrons. The molecule has 1 unspecified atom stereocenters. The van der Waals surface area contributed by atoms with Crippen molar-refractivity contribution in [3.8, 4) is 5.75 Å². The van der Waals surface area contributed by atoms with Gasteiger partial charge in [0.05, 0.1) is 17.2 Å². The van der Waals surface area contributed by atoms with Gasteiger partial charge >= 0.3 is 7.60 Å². The first kappa shape index (κ1) is 17.0. The maximum Gasteiger partial charge on any atom is 0.379 e. The van der Waals surface area contributed by atoms with Crippen LogP contribution in [0.5, 0.6) is 5.75 Å². The summed E-state index contributed by atoms with van der Waals surface area (Å²) in [5, 5.41) is 10.6. The van der Waals surface area contributed by atoms with Gasteiger partial charge in [-0.3, -0.25) is 14.6 Å². The highest BCUT2D eigenvalue weighted by Gasteiger charge is 2.30. The highest BCUT2D eigenvalue weighted by molar-refractivity contribution is 7.54. The standard InChI is InChI=1S/C15H22NO5P/c1-3-22(19,20-14-8-4-12(2)5-9-14)21-15-10-6-13(7-11-15)16(17)18/h6-7,10-12,14H,3-5,8-9H2,1-2H3. The molecule has 0 aliphatic heterocycles. The second kappa shape index (κ2) is 7.25. The highest BCUT2D eigenvalue weighted by atomic mass is 31.2. The average Bonchev–Trinajstić information content (AvgIpc) is 2.50. The molecule has 1 fully saturated rings. The fraction of sp³-hybridized carbons (Fsp3) is 0.600. The predicted octanol–water partition coefficient (Wildman–Crippen LogP) is 4.78. The van der Waals surface area contributed by atoms with Crippen molar-refractivity contribution in [2.75, 3.05) is 6.16 Å².